The van der Waals surface area contributed by atoms with Crippen molar-refractivity contribution in [3.8, 4) is 5.75 Å². The molecule has 0 aliphatic heterocycles. The maximum absolute atomic E-state index is 11.4. The molecular formula is C15H18N2O2. The minimum Gasteiger partial charge on any atom is -0.480 e. The normalized spacial score (nSPS) is 11.4. The van der Waals surface area contributed by atoms with Crippen molar-refractivity contribution in [1.82, 2.24) is 9.55 Å². The van der Waals surface area contributed by atoms with Gasteiger partial charge >= 0.3 is 0 Å². The number of Topliss-reactive ketones (excluding diaryl/α,β-unsaturated/α-hetero) is 1. The minimum atomic E-state index is -0.562. The molecule has 2 aromatic rings. The van der Waals surface area contributed by atoms with Crippen LogP contribution in [0.15, 0.2) is 36.7 Å². The van der Waals surface area contributed by atoms with E-state index in [-0.39, 0.29) is 5.78 Å². The molecule has 0 amide bonds. The van der Waals surface area contributed by atoms with E-state index >= 15 is 0 Å². The zero-order valence-electron chi connectivity index (χ0n) is 11.7. The van der Waals surface area contributed by atoms with Crippen molar-refractivity contribution in [3.63, 3.8) is 0 Å². The minimum absolute atomic E-state index is 0.0280. The summed E-state index contributed by atoms with van der Waals surface area (Å²) in [7, 11) is 1.93. The monoisotopic (exact) mass is 258 g/mol. The molecule has 0 fully saturated rings. The fourth-order valence-corrected chi connectivity index (χ4v) is 2.06. The fraction of sp³-hybridized carbons (Fsp3) is 0.333. The Bertz CT molecular complexity index is 600. The van der Waals surface area contributed by atoms with Crippen LogP contribution in [0.25, 0.3) is 0 Å². The van der Waals surface area contributed by atoms with Crippen LogP contribution in [0.4, 0.5) is 0 Å². The van der Waals surface area contributed by atoms with Crippen LogP contribution in [0.1, 0.15) is 37.0 Å². The summed E-state index contributed by atoms with van der Waals surface area (Å²) < 4.78 is 7.91. The van der Waals surface area contributed by atoms with Gasteiger partial charge in [0.05, 0.1) is 0 Å². The Morgan fingerprint density at radius 3 is 2.68 bits per heavy atom. The first-order chi connectivity index (χ1) is 8.90. The van der Waals surface area contributed by atoms with Crippen molar-refractivity contribution in [1.29, 1.82) is 0 Å². The van der Waals surface area contributed by atoms with Crippen LogP contribution in [-0.2, 0) is 12.6 Å². The third-order valence-corrected chi connectivity index (χ3v) is 2.97. The second-order valence-corrected chi connectivity index (χ2v) is 5.06. The first-order valence-electron chi connectivity index (χ1n) is 6.18. The lowest BCUT2D eigenvalue weighted by Gasteiger charge is -2.26. The molecule has 1 aromatic carbocycles. The van der Waals surface area contributed by atoms with Gasteiger partial charge in [0.2, 0.25) is 0 Å². The highest BCUT2D eigenvalue weighted by Gasteiger charge is 2.27. The third kappa shape index (κ3) is 2.84. The number of carbonyl (C=O) groups is 1. The van der Waals surface area contributed by atoms with Gasteiger partial charge in [0.1, 0.15) is 5.75 Å². The Morgan fingerprint density at radius 1 is 1.37 bits per heavy atom. The van der Waals surface area contributed by atoms with Crippen LogP contribution in [0.2, 0.25) is 0 Å². The van der Waals surface area contributed by atoms with Gasteiger partial charge in [-0.05, 0) is 32.9 Å². The molecule has 0 radical (unpaired) electrons. The lowest BCUT2D eigenvalue weighted by Crippen LogP contribution is -2.29. The molecule has 0 saturated heterocycles. The van der Waals surface area contributed by atoms with E-state index in [0.29, 0.717) is 11.3 Å². The zero-order chi connectivity index (χ0) is 14.0. The molecule has 19 heavy (non-hydrogen) atoms. The third-order valence-electron chi connectivity index (χ3n) is 2.97. The summed E-state index contributed by atoms with van der Waals surface area (Å²) in [5.74, 6) is 1.53. The maximum Gasteiger partial charge on any atom is 0.161 e. The van der Waals surface area contributed by atoms with Crippen LogP contribution < -0.4 is 4.74 Å². The molecule has 0 aliphatic carbocycles. The average molecular weight is 258 g/mol. The van der Waals surface area contributed by atoms with E-state index in [2.05, 4.69) is 4.98 Å². The molecule has 4 nitrogen and oxygen atoms in total. The fourth-order valence-electron chi connectivity index (χ4n) is 2.06. The Kier molecular flexibility index (Phi) is 3.42. The van der Waals surface area contributed by atoms with Gasteiger partial charge in [-0.2, -0.15) is 0 Å². The highest BCUT2D eigenvalue weighted by molar-refractivity contribution is 5.94. The lowest BCUT2D eigenvalue weighted by molar-refractivity contribution is 0.0940. The largest absolute Gasteiger partial charge is 0.480 e. The Labute approximate surface area is 113 Å². The summed E-state index contributed by atoms with van der Waals surface area (Å²) in [4.78, 5) is 15.7. The van der Waals surface area contributed by atoms with Gasteiger partial charge in [-0.25, -0.2) is 4.98 Å². The summed E-state index contributed by atoms with van der Waals surface area (Å²) in [5.41, 5.74) is 0.0846. The van der Waals surface area contributed by atoms with Crippen LogP contribution in [0.3, 0.4) is 0 Å². The van der Waals surface area contributed by atoms with Gasteiger partial charge in [-0.1, -0.05) is 12.1 Å². The Morgan fingerprint density at radius 2 is 2.11 bits per heavy atom. The molecule has 0 bridgehead atoms. The van der Waals surface area contributed by atoms with E-state index < -0.39 is 5.60 Å². The number of aromatic nitrogens is 2. The quantitative estimate of drug-likeness (QED) is 0.792. The molecule has 1 aromatic heterocycles. The topological polar surface area (TPSA) is 44.1 Å². The number of rotatable bonds is 4. The van der Waals surface area contributed by atoms with Gasteiger partial charge in [-0.15, -0.1) is 0 Å². The standard InChI is InChI=1S/C15H18N2O2/c1-11(18)12-6-5-7-13(10-12)19-15(2,3)14-16-8-9-17(14)4/h5-10H,1-4H3. The Hall–Kier alpha value is -2.10. The molecule has 100 valence electrons. The molecule has 0 unspecified atom stereocenters. The molecule has 0 saturated carbocycles. The van der Waals surface area contributed by atoms with Crippen molar-refractivity contribution < 1.29 is 9.53 Å². The first kappa shape index (κ1) is 13.3. The van der Waals surface area contributed by atoms with Gasteiger partial charge in [0.15, 0.2) is 17.2 Å². The number of benzene rings is 1. The number of hydrogen-bond acceptors (Lipinski definition) is 3. The first-order valence-corrected chi connectivity index (χ1v) is 6.18. The number of aryl methyl sites for hydroxylation is 1. The molecule has 1 heterocycles. The summed E-state index contributed by atoms with van der Waals surface area (Å²) in [5, 5.41) is 0. The molecule has 0 N–H and O–H groups in total. The highest BCUT2D eigenvalue weighted by atomic mass is 16.5. The number of hydrogen-bond donors (Lipinski definition) is 0. The SMILES string of the molecule is CC(=O)c1cccc(OC(C)(C)c2nccn2C)c1. The smallest absolute Gasteiger partial charge is 0.161 e. The maximum atomic E-state index is 11.4. The number of nitrogens with zero attached hydrogens (tertiary/aromatic N) is 2. The number of imidazole rings is 1. The van der Waals surface area contributed by atoms with E-state index in [4.69, 9.17) is 4.74 Å². The van der Waals surface area contributed by atoms with Gasteiger partial charge in [0, 0.05) is 25.0 Å². The molecule has 4 heteroatoms. The summed E-state index contributed by atoms with van der Waals surface area (Å²) in [6, 6.07) is 7.20. The Balaban J connectivity index is 2.28. The second kappa shape index (κ2) is 4.88. The lowest BCUT2D eigenvalue weighted by atomic mass is 10.1. The average Bonchev–Trinajstić information content (AvgIpc) is 2.76. The second-order valence-electron chi connectivity index (χ2n) is 5.06. The number of carbonyl (C=O) groups excluding carboxylic acids is 1. The molecule has 2 rings (SSSR count). The predicted octanol–water partition coefficient (Wildman–Crippen LogP) is 2.94. The van der Waals surface area contributed by atoms with Crippen molar-refractivity contribution in [2.75, 3.05) is 0 Å². The molecule has 0 atom stereocenters. The van der Waals surface area contributed by atoms with Crippen molar-refractivity contribution in [2.45, 2.75) is 26.4 Å². The molecule has 0 aliphatic rings. The van der Waals surface area contributed by atoms with E-state index in [9.17, 15) is 4.79 Å². The summed E-state index contributed by atoms with van der Waals surface area (Å²) >= 11 is 0. The van der Waals surface area contributed by atoms with Crippen LogP contribution in [0.5, 0.6) is 5.75 Å². The molecule has 0 spiro atoms. The highest BCUT2D eigenvalue weighted by Crippen LogP contribution is 2.26. The molecular weight excluding hydrogens is 240 g/mol. The predicted molar refractivity (Wildman–Crippen MR) is 73.3 cm³/mol. The van der Waals surface area contributed by atoms with E-state index in [0.717, 1.165) is 5.82 Å². The van der Waals surface area contributed by atoms with Crippen LogP contribution in [0, 0.1) is 0 Å². The van der Waals surface area contributed by atoms with Crippen LogP contribution in [-0.4, -0.2) is 15.3 Å². The van der Waals surface area contributed by atoms with Gasteiger partial charge < -0.3 is 9.30 Å². The van der Waals surface area contributed by atoms with E-state index in [1.807, 2.05) is 43.8 Å². The summed E-state index contributed by atoms with van der Waals surface area (Å²) in [6.45, 7) is 5.45. The number of ether oxygens (including phenoxy) is 1. The van der Waals surface area contributed by atoms with Gasteiger partial charge in [0.25, 0.3) is 0 Å². The zero-order valence-corrected chi connectivity index (χ0v) is 11.7. The van der Waals surface area contributed by atoms with Crippen molar-refractivity contribution in [3.05, 3.63) is 48.0 Å². The summed E-state index contributed by atoms with van der Waals surface area (Å²) in [6.07, 6.45) is 3.62. The number of ketones is 1. The van der Waals surface area contributed by atoms with E-state index in [1.54, 1.807) is 25.3 Å². The van der Waals surface area contributed by atoms with Gasteiger partial charge in [-0.3, -0.25) is 4.79 Å². The van der Waals surface area contributed by atoms with Crippen LogP contribution >= 0.6 is 0 Å². The van der Waals surface area contributed by atoms with Crippen molar-refractivity contribution in [2.24, 2.45) is 7.05 Å². The van der Waals surface area contributed by atoms with Crippen molar-refractivity contribution >= 4 is 5.78 Å². The van der Waals surface area contributed by atoms with E-state index in [1.165, 1.54) is 0 Å².